The molecular weight excluding hydrogens is 368 g/mol. The van der Waals surface area contributed by atoms with E-state index in [1.54, 1.807) is 24.3 Å². The third kappa shape index (κ3) is 6.04. The number of ether oxygens (including phenoxy) is 1. The highest BCUT2D eigenvalue weighted by atomic mass is 16.5. The predicted octanol–water partition coefficient (Wildman–Crippen LogP) is 3.17. The van der Waals surface area contributed by atoms with Crippen LogP contribution >= 0.6 is 0 Å². The highest BCUT2D eigenvalue weighted by Gasteiger charge is 2.28. The quantitative estimate of drug-likeness (QED) is 0.700. The molecule has 1 aliphatic heterocycles. The molecule has 1 fully saturated rings. The van der Waals surface area contributed by atoms with E-state index in [2.05, 4.69) is 34.7 Å². The van der Waals surface area contributed by atoms with Crippen LogP contribution in [0.4, 0.5) is 16.2 Å². The number of amides is 3. The summed E-state index contributed by atoms with van der Waals surface area (Å²) < 4.78 is 5.40. The molecule has 7 heteroatoms. The van der Waals surface area contributed by atoms with Crippen LogP contribution in [0.25, 0.3) is 0 Å². The Hall–Kier alpha value is -2.90. The van der Waals surface area contributed by atoms with E-state index in [4.69, 9.17) is 4.74 Å². The molecule has 0 unspecified atom stereocenters. The molecule has 0 saturated carbocycles. The van der Waals surface area contributed by atoms with Crippen LogP contribution in [0.15, 0.2) is 54.6 Å². The summed E-state index contributed by atoms with van der Waals surface area (Å²) in [5.74, 6) is -0.133. The molecule has 3 amide bonds. The zero-order chi connectivity index (χ0) is 20.7. The maximum absolute atomic E-state index is 12.5. The lowest BCUT2D eigenvalue weighted by Gasteiger charge is -2.40. The number of nitrogens with one attached hydrogen (secondary N) is 3. The van der Waals surface area contributed by atoms with Crippen LogP contribution in [0.2, 0.25) is 0 Å². The Bertz CT molecular complexity index is 816. The summed E-state index contributed by atoms with van der Waals surface area (Å²) in [6.45, 7) is 7.98. The van der Waals surface area contributed by atoms with Crippen LogP contribution in [0.1, 0.15) is 24.2 Å². The predicted molar refractivity (Wildman–Crippen MR) is 114 cm³/mol. The van der Waals surface area contributed by atoms with E-state index in [0.717, 1.165) is 26.3 Å². The van der Waals surface area contributed by atoms with Gasteiger partial charge in [0.1, 0.15) is 0 Å². The fraction of sp³-hybridized carbons (Fsp3) is 0.364. The minimum atomic E-state index is -0.333. The Kier molecular flexibility index (Phi) is 6.85. The van der Waals surface area contributed by atoms with Gasteiger partial charge < -0.3 is 20.7 Å². The van der Waals surface area contributed by atoms with E-state index in [9.17, 15) is 9.59 Å². The van der Waals surface area contributed by atoms with Crippen molar-refractivity contribution < 1.29 is 14.3 Å². The standard InChI is InChI=1S/C22H28N4O3/c1-22(2,26-12-14-29-15-13-26)16-23-20(27)17-8-10-19(11-9-17)25-21(28)24-18-6-4-3-5-7-18/h3-11H,12-16H2,1-2H3,(H,23,27)(H2,24,25,28). The zero-order valence-corrected chi connectivity index (χ0v) is 16.9. The summed E-state index contributed by atoms with van der Waals surface area (Å²) in [6, 6.07) is 15.7. The van der Waals surface area contributed by atoms with Crippen molar-refractivity contribution in [3.63, 3.8) is 0 Å². The number of hydrogen-bond acceptors (Lipinski definition) is 4. The zero-order valence-electron chi connectivity index (χ0n) is 16.9. The molecule has 7 nitrogen and oxygen atoms in total. The number of carbonyl (C=O) groups is 2. The second-order valence-corrected chi connectivity index (χ2v) is 7.62. The van der Waals surface area contributed by atoms with Crippen molar-refractivity contribution in [2.24, 2.45) is 0 Å². The first-order valence-corrected chi connectivity index (χ1v) is 9.78. The first kappa shape index (κ1) is 20.8. The van der Waals surface area contributed by atoms with Gasteiger partial charge in [-0.3, -0.25) is 9.69 Å². The van der Waals surface area contributed by atoms with Gasteiger partial charge in [0.25, 0.3) is 5.91 Å². The second kappa shape index (κ2) is 9.54. The van der Waals surface area contributed by atoms with Gasteiger partial charge >= 0.3 is 6.03 Å². The number of urea groups is 1. The van der Waals surface area contributed by atoms with Crippen molar-refractivity contribution in [3.05, 3.63) is 60.2 Å². The fourth-order valence-corrected chi connectivity index (χ4v) is 3.20. The van der Waals surface area contributed by atoms with Crippen molar-refractivity contribution >= 4 is 23.3 Å². The van der Waals surface area contributed by atoms with Crippen LogP contribution in [-0.2, 0) is 4.74 Å². The van der Waals surface area contributed by atoms with Crippen molar-refractivity contribution in [1.29, 1.82) is 0 Å². The van der Waals surface area contributed by atoms with E-state index in [1.165, 1.54) is 0 Å². The summed E-state index contributed by atoms with van der Waals surface area (Å²) in [6.07, 6.45) is 0. The number of carbonyl (C=O) groups excluding carboxylic acids is 2. The lowest BCUT2D eigenvalue weighted by atomic mass is 10.0. The summed E-state index contributed by atoms with van der Waals surface area (Å²) in [4.78, 5) is 26.9. The maximum atomic E-state index is 12.5. The number of morpholine rings is 1. The summed E-state index contributed by atoms with van der Waals surface area (Å²) in [5.41, 5.74) is 1.74. The monoisotopic (exact) mass is 396 g/mol. The molecule has 154 valence electrons. The summed E-state index contributed by atoms with van der Waals surface area (Å²) in [5, 5.41) is 8.52. The third-order valence-corrected chi connectivity index (χ3v) is 4.99. The van der Waals surface area contributed by atoms with Gasteiger partial charge in [-0.25, -0.2) is 4.79 Å². The Balaban J connectivity index is 1.50. The highest BCUT2D eigenvalue weighted by molar-refractivity contribution is 6.00. The van der Waals surface area contributed by atoms with Gasteiger partial charge in [0.05, 0.1) is 13.2 Å². The van der Waals surface area contributed by atoms with E-state index in [0.29, 0.717) is 23.5 Å². The number of hydrogen-bond donors (Lipinski definition) is 3. The second-order valence-electron chi connectivity index (χ2n) is 7.62. The SMILES string of the molecule is CC(C)(CNC(=O)c1ccc(NC(=O)Nc2ccccc2)cc1)N1CCOCC1. The highest BCUT2D eigenvalue weighted by Crippen LogP contribution is 2.16. The van der Waals surface area contributed by atoms with E-state index in [-0.39, 0.29) is 17.5 Å². The van der Waals surface area contributed by atoms with Gasteiger partial charge in [0, 0.05) is 42.1 Å². The van der Waals surface area contributed by atoms with Gasteiger partial charge in [0.15, 0.2) is 0 Å². The Morgan fingerprint density at radius 1 is 0.931 bits per heavy atom. The number of benzene rings is 2. The van der Waals surface area contributed by atoms with Gasteiger partial charge in [-0.15, -0.1) is 0 Å². The minimum Gasteiger partial charge on any atom is -0.379 e. The normalized spacial score (nSPS) is 14.8. The Labute approximate surface area is 171 Å². The Morgan fingerprint density at radius 3 is 2.14 bits per heavy atom. The maximum Gasteiger partial charge on any atom is 0.323 e. The molecule has 2 aromatic rings. The molecule has 0 bridgehead atoms. The third-order valence-electron chi connectivity index (χ3n) is 4.99. The number of para-hydroxylation sites is 1. The molecule has 0 radical (unpaired) electrons. The van der Waals surface area contributed by atoms with E-state index in [1.807, 2.05) is 30.3 Å². The molecule has 1 saturated heterocycles. The van der Waals surface area contributed by atoms with E-state index < -0.39 is 0 Å². The first-order chi connectivity index (χ1) is 13.9. The molecule has 3 N–H and O–H groups in total. The van der Waals surface area contributed by atoms with Crippen LogP contribution in [0.5, 0.6) is 0 Å². The van der Waals surface area contributed by atoms with Gasteiger partial charge in [0.2, 0.25) is 0 Å². The average Bonchev–Trinajstić information content (AvgIpc) is 2.74. The molecule has 0 spiro atoms. The van der Waals surface area contributed by atoms with E-state index >= 15 is 0 Å². The smallest absolute Gasteiger partial charge is 0.323 e. The largest absolute Gasteiger partial charge is 0.379 e. The van der Waals surface area contributed by atoms with Crippen LogP contribution in [-0.4, -0.2) is 55.2 Å². The lowest BCUT2D eigenvalue weighted by molar-refractivity contribution is -0.00923. The molecule has 29 heavy (non-hydrogen) atoms. The molecule has 1 aliphatic rings. The van der Waals surface area contributed by atoms with Crippen LogP contribution in [0, 0.1) is 0 Å². The van der Waals surface area contributed by atoms with Crippen molar-refractivity contribution in [2.75, 3.05) is 43.5 Å². The average molecular weight is 396 g/mol. The topological polar surface area (TPSA) is 82.7 Å². The molecule has 2 aromatic carbocycles. The molecule has 0 aromatic heterocycles. The molecular formula is C22H28N4O3. The number of nitrogens with zero attached hydrogens (tertiary/aromatic N) is 1. The molecule has 3 rings (SSSR count). The van der Waals surface area contributed by atoms with Gasteiger partial charge in [-0.2, -0.15) is 0 Å². The minimum absolute atomic E-state index is 0.133. The number of anilines is 2. The van der Waals surface area contributed by atoms with Crippen LogP contribution in [0.3, 0.4) is 0 Å². The summed E-state index contributed by atoms with van der Waals surface area (Å²) >= 11 is 0. The molecule has 1 heterocycles. The van der Waals surface area contributed by atoms with Gasteiger partial charge in [-0.1, -0.05) is 18.2 Å². The first-order valence-electron chi connectivity index (χ1n) is 9.78. The fourth-order valence-electron chi connectivity index (χ4n) is 3.20. The van der Waals surface area contributed by atoms with Crippen molar-refractivity contribution in [2.45, 2.75) is 19.4 Å². The van der Waals surface area contributed by atoms with Gasteiger partial charge in [-0.05, 0) is 50.2 Å². The summed E-state index contributed by atoms with van der Waals surface area (Å²) in [7, 11) is 0. The van der Waals surface area contributed by atoms with Crippen LogP contribution < -0.4 is 16.0 Å². The van der Waals surface area contributed by atoms with Crippen molar-refractivity contribution in [1.82, 2.24) is 10.2 Å². The number of rotatable bonds is 6. The molecule has 0 atom stereocenters. The lowest BCUT2D eigenvalue weighted by Crippen LogP contribution is -2.55. The van der Waals surface area contributed by atoms with Crippen molar-refractivity contribution in [3.8, 4) is 0 Å². The Morgan fingerprint density at radius 2 is 1.52 bits per heavy atom. The molecule has 0 aliphatic carbocycles.